The molecule has 0 aliphatic rings. The molecule has 0 saturated carbocycles. The first-order chi connectivity index (χ1) is 15.5. The molecule has 0 bridgehead atoms. The average molecular weight is 442 g/mol. The van der Waals surface area contributed by atoms with E-state index in [0.29, 0.717) is 24.3 Å². The minimum Gasteiger partial charge on any atom is -0.459 e. The summed E-state index contributed by atoms with van der Waals surface area (Å²) < 4.78 is 15.2. The molecule has 0 radical (unpaired) electrons. The number of rotatable bonds is 13. The number of nitrogens with one attached hydrogen (secondary N) is 1. The summed E-state index contributed by atoms with van der Waals surface area (Å²) in [6.07, 6.45) is 4.27. The van der Waals surface area contributed by atoms with Crippen molar-refractivity contribution < 1.29 is 28.6 Å². The molecule has 0 aliphatic carbocycles. The Balaban J connectivity index is 1.45. The number of carbonyl (C=O) groups is 3. The number of unbranched alkanes of at least 4 members (excludes halogenated alkanes) is 4. The molecule has 0 fully saturated rings. The number of esters is 2. The first-order valence-corrected chi connectivity index (χ1v) is 10.9. The quantitative estimate of drug-likeness (QED) is 0.205. The second kappa shape index (κ2) is 13.9. The Morgan fingerprint density at radius 1 is 0.875 bits per heavy atom. The van der Waals surface area contributed by atoms with Crippen molar-refractivity contribution >= 4 is 28.8 Å². The van der Waals surface area contributed by atoms with Crippen LogP contribution in [0.1, 0.15) is 45.4 Å². The van der Waals surface area contributed by atoms with E-state index < -0.39 is 12.1 Å². The van der Waals surface area contributed by atoms with Crippen LogP contribution in [0.5, 0.6) is 5.75 Å². The summed E-state index contributed by atoms with van der Waals surface area (Å²) in [4.78, 5) is 34.7. The Kier molecular flexibility index (Phi) is 10.8. The predicted molar refractivity (Wildman–Crippen MR) is 122 cm³/mol. The fraction of sp³-hybridized carbons (Fsp3) is 0.400. The Morgan fingerprint density at radius 3 is 2.34 bits per heavy atom. The fourth-order valence-electron chi connectivity index (χ4n) is 2.97. The number of carbonyl (C=O) groups excluding carboxylic acids is 3. The highest BCUT2D eigenvalue weighted by atomic mass is 16.6. The largest absolute Gasteiger partial charge is 0.459 e. The monoisotopic (exact) mass is 441 g/mol. The molecule has 0 unspecified atom stereocenters. The van der Waals surface area contributed by atoms with Crippen LogP contribution < -0.4 is 10.1 Å². The molecule has 0 spiro atoms. The van der Waals surface area contributed by atoms with Gasteiger partial charge in [0.1, 0.15) is 19.0 Å². The lowest BCUT2D eigenvalue weighted by molar-refractivity contribution is -0.140. The highest BCUT2D eigenvalue weighted by molar-refractivity contribution is 5.87. The molecule has 7 nitrogen and oxygen atoms in total. The van der Waals surface area contributed by atoms with Crippen LogP contribution in [0, 0.1) is 0 Å². The highest BCUT2D eigenvalue weighted by Crippen LogP contribution is 2.21. The second-order valence-electron chi connectivity index (χ2n) is 7.48. The van der Waals surface area contributed by atoms with Crippen LogP contribution in [0.15, 0.2) is 54.6 Å². The van der Waals surface area contributed by atoms with Crippen molar-refractivity contribution in [3.8, 4) is 5.75 Å². The van der Waals surface area contributed by atoms with Gasteiger partial charge in [0.05, 0.1) is 0 Å². The first-order valence-electron chi connectivity index (χ1n) is 10.9. The summed E-state index contributed by atoms with van der Waals surface area (Å²) >= 11 is 0. The van der Waals surface area contributed by atoms with E-state index in [-0.39, 0.29) is 19.2 Å². The smallest absolute Gasteiger partial charge is 0.407 e. The lowest BCUT2D eigenvalue weighted by Crippen LogP contribution is -2.26. The van der Waals surface area contributed by atoms with Crippen LogP contribution in [-0.2, 0) is 19.1 Å². The number of hydrogen-bond donors (Lipinski definition) is 1. The molecule has 2 aromatic rings. The Labute approximate surface area is 188 Å². The second-order valence-corrected chi connectivity index (χ2v) is 7.48. The minimum absolute atomic E-state index is 0.000157. The molecule has 0 heterocycles. The van der Waals surface area contributed by atoms with Crippen molar-refractivity contribution in [1.29, 1.82) is 0 Å². The number of fused-ring (bicyclic) bond motifs is 1. The van der Waals surface area contributed by atoms with Gasteiger partial charge in [0.2, 0.25) is 0 Å². The molecule has 1 N–H and O–H groups in total. The van der Waals surface area contributed by atoms with Gasteiger partial charge in [-0.15, -0.1) is 0 Å². The van der Waals surface area contributed by atoms with Gasteiger partial charge in [-0.3, -0.25) is 4.79 Å². The molecule has 0 atom stereocenters. The Bertz CT molecular complexity index is 924. The lowest BCUT2D eigenvalue weighted by Gasteiger charge is -2.08. The minimum atomic E-state index is -0.534. The Morgan fingerprint density at radius 2 is 1.56 bits per heavy atom. The molecule has 0 aromatic heterocycles. The zero-order valence-electron chi connectivity index (χ0n) is 18.6. The zero-order chi connectivity index (χ0) is 23.2. The van der Waals surface area contributed by atoms with E-state index in [9.17, 15) is 14.4 Å². The molecule has 2 rings (SSSR count). The summed E-state index contributed by atoms with van der Waals surface area (Å²) in [5.74, 6) is -0.157. The van der Waals surface area contributed by atoms with E-state index >= 15 is 0 Å². The van der Waals surface area contributed by atoms with Crippen LogP contribution in [-0.4, -0.2) is 37.8 Å². The summed E-state index contributed by atoms with van der Waals surface area (Å²) in [5, 5.41) is 4.80. The van der Waals surface area contributed by atoms with Crippen molar-refractivity contribution in [2.24, 2.45) is 0 Å². The molecule has 172 valence electrons. The molecule has 2 aromatic carbocycles. The third kappa shape index (κ3) is 9.64. The van der Waals surface area contributed by atoms with Gasteiger partial charge in [-0.2, -0.15) is 0 Å². The number of benzene rings is 2. The molecule has 0 saturated heterocycles. The molecule has 7 heteroatoms. The van der Waals surface area contributed by atoms with Crippen LogP contribution in [0.3, 0.4) is 0 Å². The van der Waals surface area contributed by atoms with Crippen LogP contribution >= 0.6 is 0 Å². The highest BCUT2D eigenvalue weighted by Gasteiger charge is 2.07. The number of hydrogen-bond acceptors (Lipinski definition) is 6. The van der Waals surface area contributed by atoms with Gasteiger partial charge in [0.15, 0.2) is 0 Å². The molecule has 32 heavy (non-hydrogen) atoms. The van der Waals surface area contributed by atoms with Crippen molar-refractivity contribution in [2.75, 3.05) is 19.8 Å². The van der Waals surface area contributed by atoms with E-state index in [0.717, 1.165) is 42.9 Å². The van der Waals surface area contributed by atoms with Crippen molar-refractivity contribution in [3.63, 3.8) is 0 Å². The van der Waals surface area contributed by atoms with E-state index in [1.54, 1.807) is 6.92 Å². The van der Waals surface area contributed by atoms with E-state index in [1.165, 1.54) is 0 Å². The van der Waals surface area contributed by atoms with E-state index in [2.05, 4.69) is 11.9 Å². The van der Waals surface area contributed by atoms with Crippen molar-refractivity contribution in [2.45, 2.75) is 45.4 Å². The van der Waals surface area contributed by atoms with Gasteiger partial charge >= 0.3 is 18.0 Å². The Hall–Kier alpha value is -3.35. The summed E-state index contributed by atoms with van der Waals surface area (Å²) in [6.45, 7) is 5.52. The summed E-state index contributed by atoms with van der Waals surface area (Å²) in [5.41, 5.74) is 0.302. The zero-order valence-corrected chi connectivity index (χ0v) is 18.6. The SMILES string of the molecule is C=C(C)C(=O)OCCOC(=O)NCCCCCCCC(=O)Oc1ccc2ccccc2c1. The first kappa shape index (κ1) is 24.9. The number of amides is 1. The third-order valence-corrected chi connectivity index (χ3v) is 4.68. The maximum atomic E-state index is 12.0. The average Bonchev–Trinajstić information content (AvgIpc) is 2.78. The molecule has 0 aliphatic heterocycles. The van der Waals surface area contributed by atoms with Crippen LogP contribution in [0.4, 0.5) is 4.79 Å². The molecular weight excluding hydrogens is 410 g/mol. The van der Waals surface area contributed by atoms with E-state index in [1.807, 2.05) is 42.5 Å². The van der Waals surface area contributed by atoms with Crippen molar-refractivity contribution in [3.05, 3.63) is 54.6 Å². The van der Waals surface area contributed by atoms with Crippen molar-refractivity contribution in [1.82, 2.24) is 5.32 Å². The van der Waals surface area contributed by atoms with Crippen LogP contribution in [0.2, 0.25) is 0 Å². The fourth-order valence-corrected chi connectivity index (χ4v) is 2.97. The molecule has 1 amide bonds. The topological polar surface area (TPSA) is 90.9 Å². The van der Waals surface area contributed by atoms with Gasteiger partial charge in [-0.25, -0.2) is 9.59 Å². The van der Waals surface area contributed by atoms with Gasteiger partial charge in [0.25, 0.3) is 0 Å². The summed E-state index contributed by atoms with van der Waals surface area (Å²) in [6, 6.07) is 13.6. The van der Waals surface area contributed by atoms with Gasteiger partial charge in [0, 0.05) is 18.5 Å². The molecular formula is C25H31NO6. The summed E-state index contributed by atoms with van der Waals surface area (Å²) in [7, 11) is 0. The number of ether oxygens (including phenoxy) is 3. The third-order valence-electron chi connectivity index (χ3n) is 4.68. The predicted octanol–water partition coefficient (Wildman–Crippen LogP) is 4.93. The number of alkyl carbamates (subject to hydrolysis) is 1. The lowest BCUT2D eigenvalue weighted by atomic mass is 10.1. The van der Waals surface area contributed by atoms with Crippen LogP contribution in [0.25, 0.3) is 10.8 Å². The van der Waals surface area contributed by atoms with Gasteiger partial charge in [-0.1, -0.05) is 56.2 Å². The van der Waals surface area contributed by atoms with Gasteiger partial charge < -0.3 is 19.5 Å². The standard InChI is InChI=1S/C25H31NO6/c1-19(2)24(28)30-16-17-31-25(29)26-15-9-5-3-4-6-12-23(27)32-22-14-13-20-10-7-8-11-21(20)18-22/h7-8,10-11,13-14,18H,1,3-6,9,12,15-17H2,2H3,(H,26,29). The maximum Gasteiger partial charge on any atom is 0.407 e. The normalized spacial score (nSPS) is 10.4. The maximum absolute atomic E-state index is 12.0. The van der Waals surface area contributed by atoms with Gasteiger partial charge in [-0.05, 0) is 42.7 Å². The van der Waals surface area contributed by atoms with E-state index in [4.69, 9.17) is 14.2 Å².